The fraction of sp³-hybridized carbons (Fsp3) is 0.240. The second-order valence-electron chi connectivity index (χ2n) is 8.04. The molecule has 0 saturated carbocycles. The van der Waals surface area contributed by atoms with E-state index in [0.717, 1.165) is 42.6 Å². The first-order chi connectivity index (χ1) is 16.5. The molecule has 1 aliphatic rings. The quantitative estimate of drug-likeness (QED) is 0.257. The molecule has 1 N–H and O–H groups in total. The van der Waals surface area contributed by atoms with Crippen LogP contribution in [0.1, 0.15) is 50.8 Å². The molecule has 0 radical (unpaired) electrons. The predicted molar refractivity (Wildman–Crippen MR) is 135 cm³/mol. The molecule has 5 rings (SSSR count). The average Bonchev–Trinajstić information content (AvgIpc) is 3.41. The third kappa shape index (κ3) is 5.10. The molecule has 0 fully saturated rings. The van der Waals surface area contributed by atoms with E-state index in [1.165, 1.54) is 16.6 Å². The van der Waals surface area contributed by atoms with E-state index in [1.54, 1.807) is 36.0 Å². The second kappa shape index (κ2) is 9.90. The van der Waals surface area contributed by atoms with Gasteiger partial charge in [-0.3, -0.25) is 9.78 Å². The zero-order valence-electron chi connectivity index (χ0n) is 18.9. The van der Waals surface area contributed by atoms with Crippen molar-refractivity contribution < 1.29 is 9.21 Å². The largest absolute Gasteiger partial charge is 0.448 e. The lowest BCUT2D eigenvalue weighted by molar-refractivity contribution is 0.102. The Balaban J connectivity index is 1.38. The summed E-state index contributed by atoms with van der Waals surface area (Å²) in [7, 11) is 0. The van der Waals surface area contributed by atoms with Gasteiger partial charge in [-0.1, -0.05) is 0 Å². The van der Waals surface area contributed by atoms with Gasteiger partial charge in [-0.2, -0.15) is 0 Å². The summed E-state index contributed by atoms with van der Waals surface area (Å²) in [6.45, 7) is 3.89. The first-order valence-electron chi connectivity index (χ1n) is 11.0. The SMILES string of the molecule is Cc1cc(C)nc(Sc2ccc(C=Nc3sc4c(c3C(=O)Nc3cccnc3)CCCC4)o2)n1. The minimum atomic E-state index is -0.151. The van der Waals surface area contributed by atoms with Crippen LogP contribution in [0.2, 0.25) is 0 Å². The molecule has 4 aromatic rings. The Morgan fingerprint density at radius 2 is 2.00 bits per heavy atom. The van der Waals surface area contributed by atoms with Gasteiger partial charge in [0.25, 0.3) is 5.91 Å². The third-order valence-electron chi connectivity index (χ3n) is 5.36. The summed E-state index contributed by atoms with van der Waals surface area (Å²) in [5.41, 5.74) is 4.28. The molecule has 0 aliphatic heterocycles. The van der Waals surface area contributed by atoms with Gasteiger partial charge in [0.15, 0.2) is 10.2 Å². The Labute approximate surface area is 205 Å². The molecule has 9 heteroatoms. The van der Waals surface area contributed by atoms with Crippen molar-refractivity contribution in [3.8, 4) is 0 Å². The number of carbonyl (C=O) groups excluding carboxylic acids is 1. The number of nitrogens with one attached hydrogen (secondary N) is 1. The molecule has 1 aliphatic carbocycles. The lowest BCUT2D eigenvalue weighted by Crippen LogP contribution is -2.14. The number of rotatable bonds is 6. The molecule has 1 amide bonds. The van der Waals surface area contributed by atoms with Crippen LogP contribution in [-0.4, -0.2) is 27.1 Å². The molecule has 172 valence electrons. The summed E-state index contributed by atoms with van der Waals surface area (Å²) < 4.78 is 5.92. The van der Waals surface area contributed by atoms with Gasteiger partial charge in [0.05, 0.1) is 23.7 Å². The van der Waals surface area contributed by atoms with Crippen molar-refractivity contribution >= 4 is 45.9 Å². The van der Waals surface area contributed by atoms with Crippen LogP contribution < -0.4 is 5.32 Å². The number of furan rings is 1. The number of nitrogens with zero attached hydrogens (tertiary/aromatic N) is 4. The van der Waals surface area contributed by atoms with E-state index in [4.69, 9.17) is 4.42 Å². The van der Waals surface area contributed by atoms with Gasteiger partial charge in [-0.05, 0) is 87.2 Å². The van der Waals surface area contributed by atoms with Crippen LogP contribution in [0.25, 0.3) is 0 Å². The van der Waals surface area contributed by atoms with E-state index in [2.05, 4.69) is 25.3 Å². The smallest absolute Gasteiger partial charge is 0.259 e. The van der Waals surface area contributed by atoms with Gasteiger partial charge < -0.3 is 9.73 Å². The Hall–Kier alpha value is -3.30. The molecular weight excluding hydrogens is 466 g/mol. The summed E-state index contributed by atoms with van der Waals surface area (Å²) in [4.78, 5) is 32.1. The number of hydrogen-bond acceptors (Lipinski definition) is 8. The number of aryl methyl sites for hydroxylation is 3. The second-order valence-corrected chi connectivity index (χ2v) is 10.1. The highest BCUT2D eigenvalue weighted by Gasteiger charge is 2.25. The van der Waals surface area contributed by atoms with Crippen LogP contribution in [0.15, 0.2) is 62.4 Å². The molecule has 0 atom stereocenters. The summed E-state index contributed by atoms with van der Waals surface area (Å²) >= 11 is 2.96. The maximum Gasteiger partial charge on any atom is 0.259 e. The highest BCUT2D eigenvalue weighted by Crippen LogP contribution is 2.40. The maximum absolute atomic E-state index is 13.2. The summed E-state index contributed by atoms with van der Waals surface area (Å²) in [6, 6.07) is 9.30. The molecule has 0 unspecified atom stereocenters. The third-order valence-corrected chi connectivity index (χ3v) is 7.35. The van der Waals surface area contributed by atoms with Gasteiger partial charge in [0, 0.05) is 22.5 Å². The van der Waals surface area contributed by atoms with Crippen LogP contribution in [0, 0.1) is 13.8 Å². The number of pyridine rings is 1. The van der Waals surface area contributed by atoms with Crippen molar-refractivity contribution in [1.29, 1.82) is 0 Å². The van der Waals surface area contributed by atoms with Crippen LogP contribution >= 0.6 is 23.1 Å². The standard InChI is InChI=1S/C25H23N5O2S2/c1-15-12-16(2)29-25(28-15)34-21-10-9-18(32-21)14-27-24-22(19-7-3-4-8-20(19)33-24)23(31)30-17-6-5-11-26-13-17/h5-6,9-14H,3-4,7-8H2,1-2H3,(H,30,31). The van der Waals surface area contributed by atoms with Crippen molar-refractivity contribution in [1.82, 2.24) is 15.0 Å². The van der Waals surface area contributed by atoms with E-state index >= 15 is 0 Å². The summed E-state index contributed by atoms with van der Waals surface area (Å²) in [6.07, 6.45) is 9.10. The normalized spacial score (nSPS) is 13.2. The molecule has 7 nitrogen and oxygen atoms in total. The number of aliphatic imine (C=N–C) groups is 1. The number of amides is 1. The Morgan fingerprint density at radius 1 is 1.18 bits per heavy atom. The van der Waals surface area contributed by atoms with Crippen molar-refractivity contribution in [2.75, 3.05) is 5.32 Å². The van der Waals surface area contributed by atoms with Crippen LogP contribution in [0.3, 0.4) is 0 Å². The van der Waals surface area contributed by atoms with Crippen molar-refractivity contribution in [2.45, 2.75) is 49.8 Å². The fourth-order valence-corrected chi connectivity index (χ4v) is 5.98. The topological polar surface area (TPSA) is 93.3 Å². The van der Waals surface area contributed by atoms with E-state index in [1.807, 2.05) is 38.1 Å². The number of thiophene rings is 1. The highest BCUT2D eigenvalue weighted by atomic mass is 32.2. The van der Waals surface area contributed by atoms with Crippen LogP contribution in [0.5, 0.6) is 0 Å². The molecule has 34 heavy (non-hydrogen) atoms. The van der Waals surface area contributed by atoms with Crippen molar-refractivity contribution in [3.05, 3.63) is 75.9 Å². The average molecular weight is 490 g/mol. The highest BCUT2D eigenvalue weighted by molar-refractivity contribution is 7.99. The first-order valence-corrected chi connectivity index (χ1v) is 12.7. The minimum absolute atomic E-state index is 0.151. The van der Waals surface area contributed by atoms with E-state index < -0.39 is 0 Å². The number of fused-ring (bicyclic) bond motifs is 1. The first kappa shape index (κ1) is 22.5. The van der Waals surface area contributed by atoms with Crippen LogP contribution in [-0.2, 0) is 12.8 Å². The monoisotopic (exact) mass is 489 g/mol. The zero-order valence-corrected chi connectivity index (χ0v) is 20.5. The molecule has 0 saturated heterocycles. The van der Waals surface area contributed by atoms with Gasteiger partial charge in [-0.15, -0.1) is 11.3 Å². The Kier molecular flexibility index (Phi) is 6.55. The Morgan fingerprint density at radius 3 is 2.79 bits per heavy atom. The molecule has 4 heterocycles. The molecule has 0 aromatic carbocycles. The number of hydrogen-bond donors (Lipinski definition) is 1. The van der Waals surface area contributed by atoms with E-state index in [9.17, 15) is 4.79 Å². The van der Waals surface area contributed by atoms with Crippen LogP contribution in [0.4, 0.5) is 10.7 Å². The number of anilines is 1. The fourth-order valence-electron chi connectivity index (χ4n) is 3.92. The van der Waals surface area contributed by atoms with Crippen molar-refractivity contribution in [3.63, 3.8) is 0 Å². The minimum Gasteiger partial charge on any atom is -0.448 e. The lowest BCUT2D eigenvalue weighted by atomic mass is 9.95. The summed E-state index contributed by atoms with van der Waals surface area (Å²) in [5, 5.41) is 5.00. The number of carbonyl (C=O) groups is 1. The molecule has 0 spiro atoms. The van der Waals surface area contributed by atoms with Gasteiger partial charge in [0.2, 0.25) is 0 Å². The van der Waals surface area contributed by atoms with Gasteiger partial charge >= 0.3 is 0 Å². The molecule has 0 bridgehead atoms. The van der Waals surface area contributed by atoms with E-state index in [-0.39, 0.29) is 5.91 Å². The maximum atomic E-state index is 13.2. The molecule has 4 aromatic heterocycles. The van der Waals surface area contributed by atoms with Gasteiger partial charge in [0.1, 0.15) is 10.8 Å². The Bertz CT molecular complexity index is 1340. The molecular formula is C25H23N5O2S2. The predicted octanol–water partition coefficient (Wildman–Crippen LogP) is 6.18. The summed E-state index contributed by atoms with van der Waals surface area (Å²) in [5.74, 6) is 0.457. The number of aromatic nitrogens is 3. The van der Waals surface area contributed by atoms with E-state index in [0.29, 0.717) is 32.3 Å². The van der Waals surface area contributed by atoms with Crippen molar-refractivity contribution in [2.24, 2.45) is 4.99 Å². The lowest BCUT2D eigenvalue weighted by Gasteiger charge is -2.12. The zero-order chi connectivity index (χ0) is 23.5. The van der Waals surface area contributed by atoms with Gasteiger partial charge in [-0.25, -0.2) is 15.0 Å².